The maximum absolute atomic E-state index is 13.4. The lowest BCUT2D eigenvalue weighted by molar-refractivity contribution is 0.629. The summed E-state index contributed by atoms with van der Waals surface area (Å²) in [5, 5.41) is 0.994. The molecule has 3 aromatic rings. The molecule has 2 aromatic heterocycles. The first-order chi connectivity index (χ1) is 8.65. The fourth-order valence-corrected chi connectivity index (χ4v) is 2.20. The molecule has 0 amide bonds. The molecule has 0 fully saturated rings. The molecule has 3 rings (SSSR count). The fraction of sp³-hybridized carbons (Fsp3) is 0.0769. The third kappa shape index (κ3) is 1.75. The average Bonchev–Trinajstić information content (AvgIpc) is 2.66. The van der Waals surface area contributed by atoms with Crippen molar-refractivity contribution < 1.29 is 4.39 Å². The molecule has 0 aliphatic rings. The normalized spacial score (nSPS) is 11.1. The maximum Gasteiger partial charge on any atom is 0.222 e. The molecule has 0 saturated carbocycles. The van der Waals surface area contributed by atoms with Gasteiger partial charge in [-0.15, -0.1) is 0 Å². The first-order valence-electron chi connectivity index (χ1n) is 5.38. The van der Waals surface area contributed by atoms with Crippen LogP contribution in [0.25, 0.3) is 22.2 Å². The molecule has 0 N–H and O–H groups in total. The number of rotatable bonds is 1. The van der Waals surface area contributed by atoms with E-state index in [4.69, 9.17) is 11.6 Å². The zero-order valence-electron chi connectivity index (χ0n) is 9.56. The van der Waals surface area contributed by atoms with Crippen molar-refractivity contribution in [1.29, 1.82) is 0 Å². The smallest absolute Gasteiger partial charge is 0.222 e. The van der Waals surface area contributed by atoms with Crippen LogP contribution in [0.15, 0.2) is 36.7 Å². The topological polar surface area (TPSA) is 30.7 Å². The highest BCUT2D eigenvalue weighted by Gasteiger charge is 2.11. The van der Waals surface area contributed by atoms with Crippen molar-refractivity contribution in [2.75, 3.05) is 0 Å². The molecule has 1 aromatic carbocycles. The molecule has 0 bridgehead atoms. The van der Waals surface area contributed by atoms with E-state index in [2.05, 4.69) is 9.97 Å². The lowest BCUT2D eigenvalue weighted by Gasteiger charge is -1.98. The number of aromatic nitrogens is 3. The van der Waals surface area contributed by atoms with Crippen molar-refractivity contribution in [3.63, 3.8) is 0 Å². The maximum atomic E-state index is 13.4. The number of aryl methyl sites for hydroxylation is 1. The minimum Gasteiger partial charge on any atom is -0.350 e. The second kappa shape index (κ2) is 4.07. The molecule has 2 heterocycles. The summed E-state index contributed by atoms with van der Waals surface area (Å²) in [7, 11) is 1.91. The summed E-state index contributed by atoms with van der Waals surface area (Å²) in [6, 6.07) is 6.45. The van der Waals surface area contributed by atoms with Gasteiger partial charge in [-0.05, 0) is 35.9 Å². The van der Waals surface area contributed by atoms with Crippen molar-refractivity contribution in [2.45, 2.75) is 0 Å². The monoisotopic (exact) mass is 261 g/mol. The van der Waals surface area contributed by atoms with E-state index in [1.807, 2.05) is 17.8 Å². The van der Waals surface area contributed by atoms with Gasteiger partial charge in [0.2, 0.25) is 5.28 Å². The molecular weight excluding hydrogens is 253 g/mol. The van der Waals surface area contributed by atoms with Crippen LogP contribution in [-0.2, 0) is 7.05 Å². The highest BCUT2D eigenvalue weighted by molar-refractivity contribution is 6.28. The SMILES string of the molecule is Cn1cc(-c2ccnc(Cl)n2)c2cc(F)ccc21. The van der Waals surface area contributed by atoms with E-state index in [0.717, 1.165) is 16.5 Å². The Balaban J connectivity index is 2.32. The van der Waals surface area contributed by atoms with Crippen LogP contribution in [0, 0.1) is 5.82 Å². The van der Waals surface area contributed by atoms with E-state index in [0.29, 0.717) is 5.69 Å². The summed E-state index contributed by atoms with van der Waals surface area (Å²) in [5.74, 6) is -0.268. The number of halogens is 2. The molecule has 0 aliphatic heterocycles. The van der Waals surface area contributed by atoms with Crippen LogP contribution in [0.1, 0.15) is 0 Å². The third-order valence-corrected chi connectivity index (χ3v) is 3.04. The van der Waals surface area contributed by atoms with E-state index in [1.165, 1.54) is 12.1 Å². The molecule has 90 valence electrons. The van der Waals surface area contributed by atoms with E-state index in [-0.39, 0.29) is 11.1 Å². The lowest BCUT2D eigenvalue weighted by atomic mass is 10.1. The minimum absolute atomic E-state index is 0.181. The summed E-state index contributed by atoms with van der Waals surface area (Å²) in [6.07, 6.45) is 3.49. The fourth-order valence-electron chi connectivity index (χ4n) is 2.05. The Morgan fingerprint density at radius 1 is 1.28 bits per heavy atom. The molecule has 0 atom stereocenters. The second-order valence-electron chi connectivity index (χ2n) is 4.03. The largest absolute Gasteiger partial charge is 0.350 e. The van der Waals surface area contributed by atoms with Gasteiger partial charge in [0.1, 0.15) is 5.82 Å². The molecule has 0 aliphatic carbocycles. The van der Waals surface area contributed by atoms with Gasteiger partial charge in [0.05, 0.1) is 5.69 Å². The standard InChI is InChI=1S/C13H9ClFN3/c1-18-7-10(11-4-5-16-13(14)17-11)9-6-8(15)2-3-12(9)18/h2-7H,1H3. The van der Waals surface area contributed by atoms with Gasteiger partial charge in [-0.1, -0.05) is 0 Å². The Labute approximate surface area is 108 Å². The molecule has 0 unspecified atom stereocenters. The van der Waals surface area contributed by atoms with Crippen molar-refractivity contribution in [3.8, 4) is 11.3 Å². The Kier molecular flexibility index (Phi) is 2.52. The van der Waals surface area contributed by atoms with Gasteiger partial charge < -0.3 is 4.57 Å². The van der Waals surface area contributed by atoms with Crippen LogP contribution in [0.2, 0.25) is 5.28 Å². The summed E-state index contributed by atoms with van der Waals surface area (Å²) in [6.45, 7) is 0. The number of nitrogens with zero attached hydrogens (tertiary/aromatic N) is 3. The zero-order chi connectivity index (χ0) is 12.7. The number of benzene rings is 1. The third-order valence-electron chi connectivity index (χ3n) is 2.85. The summed E-state index contributed by atoms with van der Waals surface area (Å²) < 4.78 is 15.3. The predicted molar refractivity (Wildman–Crippen MR) is 68.9 cm³/mol. The number of hydrogen-bond acceptors (Lipinski definition) is 2. The van der Waals surface area contributed by atoms with E-state index >= 15 is 0 Å². The summed E-state index contributed by atoms with van der Waals surface area (Å²) in [4.78, 5) is 8.00. The van der Waals surface area contributed by atoms with Crippen molar-refractivity contribution >= 4 is 22.5 Å². The van der Waals surface area contributed by atoms with E-state index in [9.17, 15) is 4.39 Å². The van der Waals surface area contributed by atoms with Gasteiger partial charge in [-0.25, -0.2) is 14.4 Å². The molecule has 3 nitrogen and oxygen atoms in total. The van der Waals surface area contributed by atoms with Crippen LogP contribution < -0.4 is 0 Å². The second-order valence-corrected chi connectivity index (χ2v) is 4.36. The van der Waals surface area contributed by atoms with Gasteiger partial charge in [0, 0.05) is 35.9 Å². The number of hydrogen-bond donors (Lipinski definition) is 0. The molecular formula is C13H9ClFN3. The quantitative estimate of drug-likeness (QED) is 0.629. The minimum atomic E-state index is -0.268. The Hall–Kier alpha value is -1.94. The van der Waals surface area contributed by atoms with Gasteiger partial charge in [0.25, 0.3) is 0 Å². The summed E-state index contributed by atoms with van der Waals surface area (Å²) >= 11 is 5.78. The molecule has 18 heavy (non-hydrogen) atoms. The Morgan fingerprint density at radius 2 is 2.11 bits per heavy atom. The van der Waals surface area contributed by atoms with Gasteiger partial charge in [-0.2, -0.15) is 0 Å². The van der Waals surface area contributed by atoms with Gasteiger partial charge in [-0.3, -0.25) is 0 Å². The van der Waals surface area contributed by atoms with Crippen LogP contribution in [0.3, 0.4) is 0 Å². The Morgan fingerprint density at radius 3 is 2.89 bits per heavy atom. The highest BCUT2D eigenvalue weighted by Crippen LogP contribution is 2.29. The van der Waals surface area contributed by atoms with Crippen molar-refractivity contribution in [2.24, 2.45) is 7.05 Å². The van der Waals surface area contributed by atoms with Crippen LogP contribution in [0.4, 0.5) is 4.39 Å². The first kappa shape index (κ1) is 11.2. The van der Waals surface area contributed by atoms with Gasteiger partial charge in [0.15, 0.2) is 0 Å². The molecule has 5 heteroatoms. The van der Waals surface area contributed by atoms with E-state index < -0.39 is 0 Å². The first-order valence-corrected chi connectivity index (χ1v) is 5.76. The van der Waals surface area contributed by atoms with Crippen LogP contribution in [-0.4, -0.2) is 14.5 Å². The van der Waals surface area contributed by atoms with Crippen LogP contribution >= 0.6 is 11.6 Å². The van der Waals surface area contributed by atoms with Gasteiger partial charge >= 0.3 is 0 Å². The van der Waals surface area contributed by atoms with Crippen molar-refractivity contribution in [1.82, 2.24) is 14.5 Å². The molecule has 0 saturated heterocycles. The lowest BCUT2D eigenvalue weighted by Crippen LogP contribution is -1.85. The molecule has 0 radical (unpaired) electrons. The zero-order valence-corrected chi connectivity index (χ0v) is 10.3. The summed E-state index contributed by atoms with van der Waals surface area (Å²) in [5.41, 5.74) is 2.48. The Bertz CT molecular complexity index is 736. The van der Waals surface area contributed by atoms with Crippen LogP contribution in [0.5, 0.6) is 0 Å². The van der Waals surface area contributed by atoms with Crippen molar-refractivity contribution in [3.05, 3.63) is 47.8 Å². The predicted octanol–water partition coefficient (Wildman–Crippen LogP) is 3.43. The highest BCUT2D eigenvalue weighted by atomic mass is 35.5. The van der Waals surface area contributed by atoms with E-state index in [1.54, 1.807) is 18.3 Å². The number of fused-ring (bicyclic) bond motifs is 1. The molecule has 0 spiro atoms. The average molecular weight is 262 g/mol.